The molecule has 0 aromatic heterocycles. The first-order valence-corrected chi connectivity index (χ1v) is 5.64. The van der Waals surface area contributed by atoms with E-state index >= 15 is 0 Å². The lowest BCUT2D eigenvalue weighted by atomic mass is 9.94. The van der Waals surface area contributed by atoms with Crippen LogP contribution >= 0.6 is 0 Å². The van der Waals surface area contributed by atoms with Crippen molar-refractivity contribution in [3.8, 4) is 11.8 Å². The zero-order valence-electron chi connectivity index (χ0n) is 11.5. The van der Waals surface area contributed by atoms with Gasteiger partial charge in [-0.15, -0.1) is 0 Å². The third-order valence-corrected chi connectivity index (χ3v) is 3.15. The van der Waals surface area contributed by atoms with Crippen molar-refractivity contribution >= 4 is 0 Å². The second-order valence-electron chi connectivity index (χ2n) is 4.58. The van der Waals surface area contributed by atoms with Gasteiger partial charge in [0.2, 0.25) is 0 Å². The number of rotatable bonds is 3. The Bertz CT molecular complexity index is 458. The van der Waals surface area contributed by atoms with Crippen LogP contribution in [-0.2, 0) is 0 Å². The molecule has 17 heavy (non-hydrogen) atoms. The fraction of sp³-hybridized carbons (Fsp3) is 0.500. The van der Waals surface area contributed by atoms with Crippen molar-refractivity contribution in [2.75, 3.05) is 21.2 Å². The van der Waals surface area contributed by atoms with Gasteiger partial charge in [-0.1, -0.05) is 6.07 Å². The summed E-state index contributed by atoms with van der Waals surface area (Å²) >= 11 is 0. The van der Waals surface area contributed by atoms with Gasteiger partial charge >= 0.3 is 0 Å². The second kappa shape index (κ2) is 5.20. The van der Waals surface area contributed by atoms with Gasteiger partial charge in [0.05, 0.1) is 13.2 Å². The smallest absolute Gasteiger partial charge is 0.128 e. The van der Waals surface area contributed by atoms with Gasteiger partial charge in [-0.3, -0.25) is 4.90 Å². The van der Waals surface area contributed by atoms with Crippen LogP contribution in [0.1, 0.15) is 28.3 Å². The molecule has 0 fully saturated rings. The number of nitrogens with zero attached hydrogens (tertiary/aromatic N) is 2. The maximum Gasteiger partial charge on any atom is 0.128 e. The zero-order chi connectivity index (χ0) is 13.2. The quantitative estimate of drug-likeness (QED) is 0.804. The highest BCUT2D eigenvalue weighted by Gasteiger charge is 2.22. The second-order valence-corrected chi connectivity index (χ2v) is 4.58. The first-order chi connectivity index (χ1) is 7.93. The van der Waals surface area contributed by atoms with E-state index in [0.717, 1.165) is 22.4 Å². The van der Waals surface area contributed by atoms with E-state index in [2.05, 4.69) is 19.1 Å². The maximum absolute atomic E-state index is 9.31. The predicted molar refractivity (Wildman–Crippen MR) is 69.2 cm³/mol. The van der Waals surface area contributed by atoms with Crippen LogP contribution in [-0.4, -0.2) is 26.1 Å². The van der Waals surface area contributed by atoms with Gasteiger partial charge in [-0.2, -0.15) is 5.26 Å². The summed E-state index contributed by atoms with van der Waals surface area (Å²) in [6.07, 6.45) is 0. The number of hydrogen-bond donors (Lipinski definition) is 0. The molecule has 0 aliphatic rings. The number of benzene rings is 1. The van der Waals surface area contributed by atoms with E-state index in [1.54, 1.807) is 7.11 Å². The molecule has 92 valence electrons. The molecule has 0 radical (unpaired) electrons. The Morgan fingerprint density at radius 2 is 1.82 bits per heavy atom. The standard InChI is InChI=1S/C14H20N2O/c1-9-7-10(2)13(12(8-15)16(4)5)14(17-6)11(9)3/h7,12H,1-6H3. The molecular formula is C14H20N2O. The van der Waals surface area contributed by atoms with Crippen LogP contribution in [0, 0.1) is 32.1 Å². The Kier molecular flexibility index (Phi) is 4.14. The van der Waals surface area contributed by atoms with E-state index in [0.29, 0.717) is 0 Å². The largest absolute Gasteiger partial charge is 0.496 e. The molecule has 0 saturated heterocycles. The van der Waals surface area contributed by atoms with Crippen molar-refractivity contribution in [2.45, 2.75) is 26.8 Å². The molecule has 1 aromatic rings. The Hall–Kier alpha value is -1.53. The molecule has 0 aliphatic carbocycles. The SMILES string of the molecule is COc1c(C)c(C)cc(C)c1C(C#N)N(C)C. The summed E-state index contributed by atoms with van der Waals surface area (Å²) in [5.74, 6) is 0.836. The monoisotopic (exact) mass is 232 g/mol. The number of aryl methyl sites for hydroxylation is 2. The van der Waals surface area contributed by atoms with Crippen molar-refractivity contribution < 1.29 is 4.74 Å². The molecule has 3 nitrogen and oxygen atoms in total. The third kappa shape index (κ3) is 2.42. The Morgan fingerprint density at radius 3 is 2.24 bits per heavy atom. The van der Waals surface area contributed by atoms with Crippen molar-refractivity contribution in [3.05, 3.63) is 28.3 Å². The van der Waals surface area contributed by atoms with Gasteiger partial charge in [0.25, 0.3) is 0 Å². The van der Waals surface area contributed by atoms with E-state index in [9.17, 15) is 5.26 Å². The molecule has 3 heteroatoms. The molecule has 0 saturated carbocycles. The molecule has 0 aliphatic heterocycles. The van der Waals surface area contributed by atoms with Crippen molar-refractivity contribution in [1.29, 1.82) is 5.26 Å². The fourth-order valence-corrected chi connectivity index (χ4v) is 2.11. The van der Waals surface area contributed by atoms with Gasteiger partial charge in [0, 0.05) is 5.56 Å². The molecule has 1 rings (SSSR count). The van der Waals surface area contributed by atoms with Crippen LogP contribution in [0.2, 0.25) is 0 Å². The Morgan fingerprint density at radius 1 is 1.24 bits per heavy atom. The molecule has 1 aromatic carbocycles. The first kappa shape index (κ1) is 13.5. The van der Waals surface area contributed by atoms with Crippen LogP contribution in [0.5, 0.6) is 5.75 Å². The third-order valence-electron chi connectivity index (χ3n) is 3.15. The van der Waals surface area contributed by atoms with Crippen LogP contribution < -0.4 is 4.74 Å². The Balaban J connectivity index is 3.52. The maximum atomic E-state index is 9.31. The summed E-state index contributed by atoms with van der Waals surface area (Å²) in [6.45, 7) is 6.12. The molecule has 0 spiro atoms. The van der Waals surface area contributed by atoms with Crippen molar-refractivity contribution in [3.63, 3.8) is 0 Å². The van der Waals surface area contributed by atoms with Crippen LogP contribution in [0.25, 0.3) is 0 Å². The molecule has 1 unspecified atom stereocenters. The molecule has 0 heterocycles. The molecule has 0 bridgehead atoms. The topological polar surface area (TPSA) is 36.3 Å². The minimum absolute atomic E-state index is 0.274. The minimum atomic E-state index is -0.274. The van der Waals surface area contributed by atoms with Crippen LogP contribution in [0.4, 0.5) is 0 Å². The van der Waals surface area contributed by atoms with Gasteiger partial charge in [0.1, 0.15) is 11.8 Å². The van der Waals surface area contributed by atoms with Crippen molar-refractivity contribution in [1.82, 2.24) is 4.90 Å². The van der Waals surface area contributed by atoms with E-state index in [1.165, 1.54) is 5.56 Å². The van der Waals surface area contributed by atoms with Crippen LogP contribution in [0.3, 0.4) is 0 Å². The minimum Gasteiger partial charge on any atom is -0.496 e. The van der Waals surface area contributed by atoms with E-state index < -0.39 is 0 Å². The number of ether oxygens (including phenoxy) is 1. The van der Waals surface area contributed by atoms with Crippen LogP contribution in [0.15, 0.2) is 6.07 Å². The first-order valence-electron chi connectivity index (χ1n) is 5.64. The number of hydrogen-bond acceptors (Lipinski definition) is 3. The number of methoxy groups -OCH3 is 1. The fourth-order valence-electron chi connectivity index (χ4n) is 2.11. The van der Waals surface area contributed by atoms with Crippen molar-refractivity contribution in [2.24, 2.45) is 0 Å². The number of nitriles is 1. The van der Waals surface area contributed by atoms with E-state index in [4.69, 9.17) is 4.74 Å². The summed E-state index contributed by atoms with van der Waals surface area (Å²) in [7, 11) is 5.47. The van der Waals surface area contributed by atoms with Gasteiger partial charge in [-0.25, -0.2) is 0 Å². The van der Waals surface area contributed by atoms with E-state index in [1.807, 2.05) is 32.8 Å². The average Bonchev–Trinajstić information content (AvgIpc) is 2.26. The predicted octanol–water partition coefficient (Wildman–Crippen LogP) is 2.75. The summed E-state index contributed by atoms with van der Waals surface area (Å²) in [5.41, 5.74) is 4.38. The highest BCUT2D eigenvalue weighted by atomic mass is 16.5. The lowest BCUT2D eigenvalue weighted by Crippen LogP contribution is -2.20. The summed E-state index contributed by atoms with van der Waals surface area (Å²) in [6, 6.07) is 4.16. The summed E-state index contributed by atoms with van der Waals surface area (Å²) < 4.78 is 5.49. The molecule has 1 atom stereocenters. The molecule has 0 amide bonds. The molecule has 0 N–H and O–H groups in total. The highest BCUT2D eigenvalue weighted by Crippen LogP contribution is 2.35. The Labute approximate surface area is 104 Å². The summed E-state index contributed by atoms with van der Waals surface area (Å²) in [5, 5.41) is 9.31. The van der Waals surface area contributed by atoms with Gasteiger partial charge in [0.15, 0.2) is 0 Å². The highest BCUT2D eigenvalue weighted by molar-refractivity contribution is 5.52. The van der Waals surface area contributed by atoms with E-state index in [-0.39, 0.29) is 6.04 Å². The average molecular weight is 232 g/mol. The summed E-state index contributed by atoms with van der Waals surface area (Å²) in [4.78, 5) is 1.90. The lowest BCUT2D eigenvalue weighted by Gasteiger charge is -2.24. The normalized spacial score (nSPS) is 12.4. The van der Waals surface area contributed by atoms with Gasteiger partial charge in [-0.05, 0) is 51.6 Å². The lowest BCUT2D eigenvalue weighted by molar-refractivity contribution is 0.337. The zero-order valence-corrected chi connectivity index (χ0v) is 11.5. The van der Waals surface area contributed by atoms with Gasteiger partial charge < -0.3 is 4.74 Å². The molecular weight excluding hydrogens is 212 g/mol.